The minimum Gasteiger partial charge on any atom is -0.469 e. The van der Waals surface area contributed by atoms with Crippen molar-refractivity contribution in [1.82, 2.24) is 0 Å². The maximum atomic E-state index is 10.9. The monoisotopic (exact) mass is 208 g/mol. The van der Waals surface area contributed by atoms with Crippen molar-refractivity contribution in [1.29, 1.82) is 0 Å². The zero-order chi connectivity index (χ0) is 11.1. The second-order valence-corrected chi connectivity index (χ2v) is 3.39. The van der Waals surface area contributed by atoms with Crippen LogP contribution in [0.25, 0.3) is 0 Å². The van der Waals surface area contributed by atoms with E-state index < -0.39 is 0 Å². The molecule has 3 nitrogen and oxygen atoms in total. The number of methoxy groups -OCH3 is 1. The Morgan fingerprint density at radius 2 is 2.00 bits per heavy atom. The quantitative estimate of drug-likeness (QED) is 0.695. The Labute approximate surface area is 90.0 Å². The highest BCUT2D eigenvalue weighted by Gasteiger charge is 2.09. The maximum absolute atomic E-state index is 10.9. The van der Waals surface area contributed by atoms with Gasteiger partial charge in [-0.25, -0.2) is 0 Å². The van der Waals surface area contributed by atoms with Gasteiger partial charge in [-0.15, -0.1) is 0 Å². The fraction of sp³-hybridized carbons (Fsp3) is 0.417. The SMILES string of the molecule is COC(=O)C[C@@H](C)OCc1ccccc1. The van der Waals surface area contributed by atoms with Gasteiger partial charge in [-0.2, -0.15) is 0 Å². The average molecular weight is 208 g/mol. The molecule has 0 N–H and O–H groups in total. The Morgan fingerprint density at radius 1 is 1.33 bits per heavy atom. The molecule has 0 saturated heterocycles. The van der Waals surface area contributed by atoms with Crippen molar-refractivity contribution in [3.05, 3.63) is 35.9 Å². The van der Waals surface area contributed by atoms with Crippen LogP contribution in [0.2, 0.25) is 0 Å². The van der Waals surface area contributed by atoms with Gasteiger partial charge in [0.15, 0.2) is 0 Å². The Bertz CT molecular complexity index is 295. The van der Waals surface area contributed by atoms with E-state index in [1.54, 1.807) is 0 Å². The molecule has 82 valence electrons. The third-order valence-electron chi connectivity index (χ3n) is 2.06. The van der Waals surface area contributed by atoms with E-state index in [0.717, 1.165) is 5.56 Å². The molecule has 1 atom stereocenters. The van der Waals surface area contributed by atoms with Crippen molar-refractivity contribution >= 4 is 5.97 Å². The van der Waals surface area contributed by atoms with Gasteiger partial charge in [-0.3, -0.25) is 4.79 Å². The summed E-state index contributed by atoms with van der Waals surface area (Å²) in [6.45, 7) is 2.39. The third kappa shape index (κ3) is 4.61. The van der Waals surface area contributed by atoms with Crippen LogP contribution in [0.3, 0.4) is 0 Å². The highest BCUT2D eigenvalue weighted by atomic mass is 16.5. The molecule has 0 aliphatic rings. The Kier molecular flexibility index (Phi) is 4.84. The zero-order valence-electron chi connectivity index (χ0n) is 9.10. The van der Waals surface area contributed by atoms with Crippen LogP contribution in [0.1, 0.15) is 18.9 Å². The minimum atomic E-state index is -0.240. The van der Waals surface area contributed by atoms with Gasteiger partial charge in [0.2, 0.25) is 0 Å². The fourth-order valence-electron chi connectivity index (χ4n) is 1.19. The molecular weight excluding hydrogens is 192 g/mol. The molecule has 15 heavy (non-hydrogen) atoms. The minimum absolute atomic E-state index is 0.113. The number of carbonyl (C=O) groups is 1. The molecule has 0 amide bonds. The van der Waals surface area contributed by atoms with Gasteiger partial charge >= 0.3 is 5.97 Å². The van der Waals surface area contributed by atoms with Crippen LogP contribution in [0.5, 0.6) is 0 Å². The predicted octanol–water partition coefficient (Wildman–Crippen LogP) is 2.15. The van der Waals surface area contributed by atoms with Gasteiger partial charge in [-0.1, -0.05) is 30.3 Å². The molecule has 0 aliphatic heterocycles. The first-order valence-electron chi connectivity index (χ1n) is 4.94. The highest BCUT2D eigenvalue weighted by molar-refractivity contribution is 5.69. The summed E-state index contributed by atoms with van der Waals surface area (Å²) < 4.78 is 10.1. The number of rotatable bonds is 5. The summed E-state index contributed by atoms with van der Waals surface area (Å²) in [7, 11) is 1.38. The number of hydrogen-bond acceptors (Lipinski definition) is 3. The van der Waals surface area contributed by atoms with Gasteiger partial charge in [0.25, 0.3) is 0 Å². The molecule has 1 rings (SSSR count). The van der Waals surface area contributed by atoms with E-state index >= 15 is 0 Å². The molecule has 0 unspecified atom stereocenters. The molecule has 0 aliphatic carbocycles. The van der Waals surface area contributed by atoms with Crippen LogP contribution in [0, 0.1) is 0 Å². The highest BCUT2D eigenvalue weighted by Crippen LogP contribution is 2.05. The molecule has 0 heterocycles. The van der Waals surface area contributed by atoms with E-state index in [-0.39, 0.29) is 12.1 Å². The van der Waals surface area contributed by atoms with Gasteiger partial charge in [0.05, 0.1) is 26.2 Å². The molecule has 1 aromatic rings. The first-order valence-corrected chi connectivity index (χ1v) is 4.94. The number of benzene rings is 1. The summed E-state index contributed by atoms with van der Waals surface area (Å²) in [6.07, 6.45) is 0.182. The molecule has 0 radical (unpaired) electrons. The number of ether oxygens (including phenoxy) is 2. The average Bonchev–Trinajstić information content (AvgIpc) is 2.27. The van der Waals surface area contributed by atoms with Crippen molar-refractivity contribution in [3.8, 4) is 0 Å². The maximum Gasteiger partial charge on any atom is 0.308 e. The van der Waals surface area contributed by atoms with Crippen LogP contribution in [0.15, 0.2) is 30.3 Å². The Balaban J connectivity index is 2.28. The number of carbonyl (C=O) groups excluding carboxylic acids is 1. The summed E-state index contributed by atoms with van der Waals surface area (Å²) in [5.74, 6) is -0.240. The van der Waals surface area contributed by atoms with E-state index in [9.17, 15) is 4.79 Å². The van der Waals surface area contributed by atoms with Gasteiger partial charge in [0.1, 0.15) is 0 Å². The van der Waals surface area contributed by atoms with Crippen molar-refractivity contribution in [2.24, 2.45) is 0 Å². The van der Waals surface area contributed by atoms with E-state index in [2.05, 4.69) is 4.74 Å². The van der Waals surface area contributed by atoms with E-state index in [1.807, 2.05) is 37.3 Å². The molecule has 1 aromatic carbocycles. The van der Waals surface area contributed by atoms with Crippen molar-refractivity contribution in [3.63, 3.8) is 0 Å². The molecule has 0 bridgehead atoms. The summed E-state index contributed by atoms with van der Waals surface area (Å²) in [6, 6.07) is 9.87. The first-order chi connectivity index (χ1) is 7.22. The topological polar surface area (TPSA) is 35.5 Å². The molecular formula is C12H16O3. The van der Waals surface area contributed by atoms with Gasteiger partial charge in [0, 0.05) is 0 Å². The number of hydrogen-bond donors (Lipinski definition) is 0. The lowest BCUT2D eigenvalue weighted by molar-refractivity contribution is -0.143. The van der Waals surface area contributed by atoms with Gasteiger partial charge < -0.3 is 9.47 Å². The summed E-state index contributed by atoms with van der Waals surface area (Å²) >= 11 is 0. The second-order valence-electron chi connectivity index (χ2n) is 3.39. The van der Waals surface area contributed by atoms with Crippen molar-refractivity contribution in [2.45, 2.75) is 26.1 Å². The third-order valence-corrected chi connectivity index (χ3v) is 2.06. The van der Waals surface area contributed by atoms with Crippen LogP contribution in [0.4, 0.5) is 0 Å². The lowest BCUT2D eigenvalue weighted by Crippen LogP contribution is -2.15. The Hall–Kier alpha value is -1.35. The fourth-order valence-corrected chi connectivity index (χ4v) is 1.19. The molecule has 0 spiro atoms. The second kappa shape index (κ2) is 6.19. The standard InChI is InChI=1S/C12H16O3/c1-10(8-12(13)14-2)15-9-11-6-4-3-5-7-11/h3-7,10H,8-9H2,1-2H3/t10-/m1/s1. The predicted molar refractivity (Wildman–Crippen MR) is 57.3 cm³/mol. The summed E-state index contributed by atoms with van der Waals surface area (Å²) in [4.78, 5) is 10.9. The smallest absolute Gasteiger partial charge is 0.308 e. The van der Waals surface area contributed by atoms with Crippen molar-refractivity contribution < 1.29 is 14.3 Å². The Morgan fingerprint density at radius 3 is 2.60 bits per heavy atom. The van der Waals surface area contributed by atoms with Gasteiger partial charge in [-0.05, 0) is 12.5 Å². The first kappa shape index (κ1) is 11.7. The van der Waals surface area contributed by atoms with Crippen LogP contribution >= 0.6 is 0 Å². The van der Waals surface area contributed by atoms with E-state index in [0.29, 0.717) is 13.0 Å². The molecule has 3 heteroatoms. The molecule has 0 fully saturated rings. The summed E-state index contributed by atoms with van der Waals surface area (Å²) in [5, 5.41) is 0. The largest absolute Gasteiger partial charge is 0.469 e. The van der Waals surface area contributed by atoms with Crippen molar-refractivity contribution in [2.75, 3.05) is 7.11 Å². The van der Waals surface area contributed by atoms with Crippen LogP contribution in [-0.4, -0.2) is 19.2 Å². The zero-order valence-corrected chi connectivity index (χ0v) is 9.10. The number of esters is 1. The molecule has 0 saturated carbocycles. The normalized spacial score (nSPS) is 12.1. The van der Waals surface area contributed by atoms with Crippen LogP contribution < -0.4 is 0 Å². The van der Waals surface area contributed by atoms with Crippen LogP contribution in [-0.2, 0) is 20.9 Å². The lowest BCUT2D eigenvalue weighted by Gasteiger charge is -2.11. The van der Waals surface area contributed by atoms with E-state index in [1.165, 1.54) is 7.11 Å². The van der Waals surface area contributed by atoms with E-state index in [4.69, 9.17) is 4.74 Å². The molecule has 0 aromatic heterocycles. The lowest BCUT2D eigenvalue weighted by atomic mass is 10.2. The summed E-state index contributed by atoms with van der Waals surface area (Å²) in [5.41, 5.74) is 1.11.